The molecule has 0 spiro atoms. The minimum absolute atomic E-state index is 0.0911. The Balaban J connectivity index is 1.74. The smallest absolute Gasteiger partial charge is 0.0777 e. The van der Waals surface area contributed by atoms with Crippen molar-refractivity contribution in [3.63, 3.8) is 0 Å². The molecule has 0 aromatic heterocycles. The molecule has 0 bridgehead atoms. The van der Waals surface area contributed by atoms with Crippen molar-refractivity contribution in [2.24, 2.45) is 5.92 Å². The van der Waals surface area contributed by atoms with E-state index >= 15 is 0 Å². The Hall–Kier alpha value is -0.120. The standard InChI is InChI=1S/C17H34N2O/c1-4-11-18-16-8-5-7-15(16)9-13-19-12-6-10-17(2,14-19)20-3/h15-16,18H,4-14H2,1-3H3. The van der Waals surface area contributed by atoms with Crippen LogP contribution < -0.4 is 5.32 Å². The summed E-state index contributed by atoms with van der Waals surface area (Å²) in [5.41, 5.74) is 0.0911. The van der Waals surface area contributed by atoms with Gasteiger partial charge in [-0.15, -0.1) is 0 Å². The molecule has 0 radical (unpaired) electrons. The van der Waals surface area contributed by atoms with Gasteiger partial charge in [-0.1, -0.05) is 13.3 Å². The van der Waals surface area contributed by atoms with Crippen LogP contribution in [0.5, 0.6) is 0 Å². The predicted octanol–water partition coefficient (Wildman–Crippen LogP) is 3.05. The number of hydrogen-bond acceptors (Lipinski definition) is 3. The summed E-state index contributed by atoms with van der Waals surface area (Å²) in [5.74, 6) is 0.900. The Morgan fingerprint density at radius 1 is 1.30 bits per heavy atom. The molecular weight excluding hydrogens is 248 g/mol. The van der Waals surface area contributed by atoms with E-state index in [2.05, 4.69) is 24.1 Å². The highest BCUT2D eigenvalue weighted by molar-refractivity contribution is 4.87. The second kappa shape index (κ2) is 7.77. The van der Waals surface area contributed by atoms with Crippen molar-refractivity contribution in [1.29, 1.82) is 0 Å². The van der Waals surface area contributed by atoms with Crippen LogP contribution in [0.4, 0.5) is 0 Å². The number of rotatable bonds is 7. The minimum atomic E-state index is 0.0911. The highest BCUT2D eigenvalue weighted by Gasteiger charge is 2.32. The average molecular weight is 282 g/mol. The van der Waals surface area contributed by atoms with Gasteiger partial charge in [0.25, 0.3) is 0 Å². The normalized spacial score (nSPS) is 35.5. The summed E-state index contributed by atoms with van der Waals surface area (Å²) < 4.78 is 5.70. The molecule has 1 heterocycles. The monoisotopic (exact) mass is 282 g/mol. The van der Waals surface area contributed by atoms with Gasteiger partial charge in [0.2, 0.25) is 0 Å². The number of hydrogen-bond donors (Lipinski definition) is 1. The third kappa shape index (κ3) is 4.44. The van der Waals surface area contributed by atoms with E-state index in [1.54, 1.807) is 0 Å². The average Bonchev–Trinajstić information content (AvgIpc) is 2.90. The summed E-state index contributed by atoms with van der Waals surface area (Å²) in [7, 11) is 1.87. The van der Waals surface area contributed by atoms with Gasteiger partial charge in [-0.05, 0) is 71.0 Å². The van der Waals surface area contributed by atoms with Crippen LogP contribution in [-0.2, 0) is 4.74 Å². The number of piperidine rings is 1. The van der Waals surface area contributed by atoms with E-state index < -0.39 is 0 Å². The topological polar surface area (TPSA) is 24.5 Å². The number of ether oxygens (including phenoxy) is 1. The van der Waals surface area contributed by atoms with E-state index in [9.17, 15) is 0 Å². The Bertz CT molecular complexity index is 284. The molecule has 0 aromatic rings. The maximum atomic E-state index is 5.70. The van der Waals surface area contributed by atoms with Gasteiger partial charge in [0.15, 0.2) is 0 Å². The highest BCUT2D eigenvalue weighted by atomic mass is 16.5. The third-order valence-corrected chi connectivity index (χ3v) is 5.36. The zero-order chi connectivity index (χ0) is 14.4. The SMILES string of the molecule is CCCNC1CCCC1CCN1CCCC(C)(OC)C1. The van der Waals surface area contributed by atoms with Gasteiger partial charge in [0.1, 0.15) is 0 Å². The molecule has 118 valence electrons. The quantitative estimate of drug-likeness (QED) is 0.777. The Morgan fingerprint density at radius 3 is 2.90 bits per heavy atom. The first-order valence-corrected chi connectivity index (χ1v) is 8.68. The van der Waals surface area contributed by atoms with Crippen LogP contribution in [0.25, 0.3) is 0 Å². The fourth-order valence-corrected chi connectivity index (χ4v) is 3.99. The van der Waals surface area contributed by atoms with E-state index in [0.717, 1.165) is 18.5 Å². The molecule has 0 aromatic carbocycles. The van der Waals surface area contributed by atoms with Crippen molar-refractivity contribution in [1.82, 2.24) is 10.2 Å². The van der Waals surface area contributed by atoms with Crippen LogP contribution in [0, 0.1) is 5.92 Å². The van der Waals surface area contributed by atoms with Gasteiger partial charge in [0, 0.05) is 19.7 Å². The zero-order valence-electron chi connectivity index (χ0n) is 13.8. The molecule has 0 amide bonds. The third-order valence-electron chi connectivity index (χ3n) is 5.36. The molecule has 1 saturated heterocycles. The Kier molecular flexibility index (Phi) is 6.31. The first kappa shape index (κ1) is 16.3. The summed E-state index contributed by atoms with van der Waals surface area (Å²) in [6.45, 7) is 9.35. The van der Waals surface area contributed by atoms with Crippen LogP contribution >= 0.6 is 0 Å². The van der Waals surface area contributed by atoms with Crippen molar-refractivity contribution in [2.75, 3.05) is 33.3 Å². The molecule has 1 saturated carbocycles. The first-order chi connectivity index (χ1) is 9.67. The van der Waals surface area contributed by atoms with E-state index in [1.165, 1.54) is 64.6 Å². The minimum Gasteiger partial charge on any atom is -0.377 e. The summed E-state index contributed by atoms with van der Waals surface area (Å²) in [5, 5.41) is 3.75. The van der Waals surface area contributed by atoms with E-state index in [0.29, 0.717) is 0 Å². The molecular formula is C17H34N2O. The highest BCUT2D eigenvalue weighted by Crippen LogP contribution is 2.30. The molecule has 1 aliphatic heterocycles. The second-order valence-electron chi connectivity index (χ2n) is 7.07. The number of methoxy groups -OCH3 is 1. The summed E-state index contributed by atoms with van der Waals surface area (Å²) in [6.07, 6.45) is 9.35. The largest absolute Gasteiger partial charge is 0.377 e. The molecule has 3 heteroatoms. The van der Waals surface area contributed by atoms with Gasteiger partial charge < -0.3 is 15.0 Å². The van der Waals surface area contributed by atoms with Crippen molar-refractivity contribution in [3.05, 3.63) is 0 Å². The molecule has 2 rings (SSSR count). The number of nitrogens with one attached hydrogen (secondary N) is 1. The van der Waals surface area contributed by atoms with Crippen molar-refractivity contribution >= 4 is 0 Å². The van der Waals surface area contributed by atoms with Crippen LogP contribution in [0.1, 0.15) is 58.8 Å². The van der Waals surface area contributed by atoms with Gasteiger partial charge in [-0.2, -0.15) is 0 Å². The predicted molar refractivity (Wildman–Crippen MR) is 85.1 cm³/mol. The molecule has 2 aliphatic rings. The lowest BCUT2D eigenvalue weighted by Gasteiger charge is -2.40. The van der Waals surface area contributed by atoms with E-state index in [4.69, 9.17) is 4.74 Å². The first-order valence-electron chi connectivity index (χ1n) is 8.68. The maximum absolute atomic E-state index is 5.70. The molecule has 3 nitrogen and oxygen atoms in total. The van der Waals surface area contributed by atoms with Crippen LogP contribution in [0.2, 0.25) is 0 Å². The Labute approximate surface area is 125 Å². The number of nitrogens with zero attached hydrogens (tertiary/aromatic N) is 1. The molecule has 3 unspecified atom stereocenters. The second-order valence-corrected chi connectivity index (χ2v) is 7.07. The molecule has 1 N–H and O–H groups in total. The summed E-state index contributed by atoms with van der Waals surface area (Å²) in [4.78, 5) is 2.63. The Morgan fingerprint density at radius 2 is 2.15 bits per heavy atom. The van der Waals surface area contributed by atoms with Crippen LogP contribution in [0.15, 0.2) is 0 Å². The molecule has 1 aliphatic carbocycles. The lowest BCUT2D eigenvalue weighted by Crippen LogP contribution is -2.48. The fraction of sp³-hybridized carbons (Fsp3) is 1.00. The molecule has 20 heavy (non-hydrogen) atoms. The molecule has 3 atom stereocenters. The lowest BCUT2D eigenvalue weighted by molar-refractivity contribution is -0.0516. The van der Waals surface area contributed by atoms with Gasteiger partial charge in [-0.3, -0.25) is 0 Å². The zero-order valence-corrected chi connectivity index (χ0v) is 13.8. The van der Waals surface area contributed by atoms with Crippen LogP contribution in [0.3, 0.4) is 0 Å². The number of likely N-dealkylation sites (tertiary alicyclic amines) is 1. The van der Waals surface area contributed by atoms with E-state index in [-0.39, 0.29) is 5.60 Å². The van der Waals surface area contributed by atoms with Crippen LogP contribution in [-0.4, -0.2) is 49.8 Å². The van der Waals surface area contributed by atoms with Crippen molar-refractivity contribution < 1.29 is 4.74 Å². The lowest BCUT2D eigenvalue weighted by atomic mass is 9.93. The fourth-order valence-electron chi connectivity index (χ4n) is 3.99. The van der Waals surface area contributed by atoms with Crippen molar-refractivity contribution in [2.45, 2.75) is 70.4 Å². The van der Waals surface area contributed by atoms with Gasteiger partial charge in [-0.25, -0.2) is 0 Å². The summed E-state index contributed by atoms with van der Waals surface area (Å²) >= 11 is 0. The summed E-state index contributed by atoms with van der Waals surface area (Å²) in [6, 6.07) is 0.786. The molecule has 2 fully saturated rings. The maximum Gasteiger partial charge on any atom is 0.0777 e. The van der Waals surface area contributed by atoms with Crippen molar-refractivity contribution in [3.8, 4) is 0 Å². The van der Waals surface area contributed by atoms with E-state index in [1.807, 2.05) is 7.11 Å². The van der Waals surface area contributed by atoms with Gasteiger partial charge >= 0.3 is 0 Å². The van der Waals surface area contributed by atoms with Gasteiger partial charge in [0.05, 0.1) is 5.60 Å².